The molecule has 2 aliphatic rings. The average Bonchev–Trinajstić information content (AvgIpc) is 2.75. The van der Waals surface area contributed by atoms with Crippen LogP contribution in [0.1, 0.15) is 46.5 Å². The molecule has 1 atom stereocenters. The maximum absolute atomic E-state index is 3.64. The van der Waals surface area contributed by atoms with Crippen LogP contribution in [0.3, 0.4) is 0 Å². The maximum Gasteiger partial charge on any atom is 0.0174 e. The van der Waals surface area contributed by atoms with Gasteiger partial charge in [0.1, 0.15) is 0 Å². The van der Waals surface area contributed by atoms with Crippen molar-refractivity contribution in [2.45, 2.75) is 52.0 Å². The zero-order valence-corrected chi connectivity index (χ0v) is 11.8. The maximum atomic E-state index is 3.64. The number of hydrazine groups is 1. The van der Waals surface area contributed by atoms with Crippen molar-refractivity contribution in [2.24, 2.45) is 5.92 Å². The molecular weight excluding hydrogens is 210 g/mol. The molecule has 2 saturated heterocycles. The summed E-state index contributed by atoms with van der Waals surface area (Å²) >= 11 is 0. The van der Waals surface area contributed by atoms with Crippen LogP contribution >= 0.6 is 0 Å². The lowest BCUT2D eigenvalue weighted by Crippen LogP contribution is -2.45. The molecule has 0 amide bonds. The van der Waals surface area contributed by atoms with Gasteiger partial charge in [-0.25, -0.2) is 10.0 Å². The van der Waals surface area contributed by atoms with Crippen LogP contribution in [0, 0.1) is 5.92 Å². The third-order valence-electron chi connectivity index (χ3n) is 3.92. The van der Waals surface area contributed by atoms with E-state index in [0.29, 0.717) is 0 Å². The Morgan fingerprint density at radius 2 is 1.71 bits per heavy atom. The third kappa shape index (κ3) is 4.23. The van der Waals surface area contributed by atoms with E-state index in [0.717, 1.165) is 5.92 Å². The molecule has 0 aliphatic carbocycles. The van der Waals surface area contributed by atoms with E-state index in [1.165, 1.54) is 58.4 Å². The molecule has 100 valence electrons. The second-order valence-corrected chi connectivity index (χ2v) is 6.71. The van der Waals surface area contributed by atoms with Gasteiger partial charge >= 0.3 is 0 Å². The summed E-state index contributed by atoms with van der Waals surface area (Å²) in [6.07, 6.45) is 5.57. The Hall–Kier alpha value is -0.120. The smallest absolute Gasteiger partial charge is 0.0174 e. The average molecular weight is 239 g/mol. The Bertz CT molecular complexity index is 228. The van der Waals surface area contributed by atoms with Gasteiger partial charge in [0.2, 0.25) is 0 Å². The van der Waals surface area contributed by atoms with Gasteiger partial charge in [-0.05, 0) is 52.5 Å². The predicted molar refractivity (Wildman–Crippen MR) is 72.9 cm³/mol. The molecule has 0 saturated carbocycles. The highest BCUT2D eigenvalue weighted by atomic mass is 15.6. The van der Waals surface area contributed by atoms with Crippen molar-refractivity contribution in [3.63, 3.8) is 0 Å². The molecule has 2 aliphatic heterocycles. The minimum atomic E-state index is 0.262. The molecule has 0 aromatic carbocycles. The number of hydrogen-bond acceptors (Lipinski definition) is 3. The lowest BCUT2D eigenvalue weighted by Gasteiger charge is -2.35. The molecule has 1 N–H and O–H groups in total. The molecule has 0 aromatic rings. The normalized spacial score (nSPS) is 28.8. The highest BCUT2D eigenvalue weighted by Gasteiger charge is 2.28. The minimum absolute atomic E-state index is 0.262. The Kier molecular flexibility index (Phi) is 4.45. The number of piperidine rings is 1. The predicted octanol–water partition coefficient (Wildman–Crippen LogP) is 2.10. The first-order valence-corrected chi connectivity index (χ1v) is 7.29. The van der Waals surface area contributed by atoms with Crippen molar-refractivity contribution in [1.82, 2.24) is 15.3 Å². The highest BCUT2D eigenvalue weighted by Crippen LogP contribution is 2.21. The van der Waals surface area contributed by atoms with Crippen molar-refractivity contribution in [1.29, 1.82) is 0 Å². The summed E-state index contributed by atoms with van der Waals surface area (Å²) in [5, 5.41) is 8.85. The first-order chi connectivity index (χ1) is 8.04. The molecule has 2 heterocycles. The van der Waals surface area contributed by atoms with Gasteiger partial charge in [-0.2, -0.15) is 0 Å². The monoisotopic (exact) mass is 239 g/mol. The molecule has 2 rings (SSSR count). The molecule has 0 bridgehead atoms. The summed E-state index contributed by atoms with van der Waals surface area (Å²) in [5.74, 6) is 0.844. The fourth-order valence-corrected chi connectivity index (χ4v) is 2.85. The van der Waals surface area contributed by atoms with Crippen molar-refractivity contribution < 1.29 is 0 Å². The van der Waals surface area contributed by atoms with Crippen LogP contribution in [0.15, 0.2) is 0 Å². The first kappa shape index (κ1) is 13.3. The fraction of sp³-hybridized carbons (Fsp3) is 1.00. The van der Waals surface area contributed by atoms with Gasteiger partial charge in [-0.15, -0.1) is 0 Å². The van der Waals surface area contributed by atoms with E-state index >= 15 is 0 Å². The molecule has 2 fully saturated rings. The van der Waals surface area contributed by atoms with E-state index in [2.05, 4.69) is 36.1 Å². The van der Waals surface area contributed by atoms with E-state index in [1.54, 1.807) is 0 Å². The van der Waals surface area contributed by atoms with Gasteiger partial charge in [-0.3, -0.25) is 0 Å². The second-order valence-electron chi connectivity index (χ2n) is 6.71. The van der Waals surface area contributed by atoms with Crippen molar-refractivity contribution in [2.75, 3.05) is 32.7 Å². The number of hydrogen-bond donors (Lipinski definition) is 1. The topological polar surface area (TPSA) is 18.5 Å². The van der Waals surface area contributed by atoms with Gasteiger partial charge in [0.15, 0.2) is 0 Å². The Morgan fingerprint density at radius 3 is 2.35 bits per heavy atom. The fourth-order valence-electron chi connectivity index (χ4n) is 2.85. The summed E-state index contributed by atoms with van der Waals surface area (Å²) in [6, 6.07) is 0. The standard InChI is InChI=1S/C14H29N3/c1-14(2,3)15-11-13-7-10-17(12-13)16-8-5-4-6-9-16/h13,15H,4-12H2,1-3H3. The van der Waals surface area contributed by atoms with Gasteiger partial charge in [0.25, 0.3) is 0 Å². The van der Waals surface area contributed by atoms with Gasteiger partial charge in [0.05, 0.1) is 0 Å². The van der Waals surface area contributed by atoms with E-state index in [1.807, 2.05) is 0 Å². The largest absolute Gasteiger partial charge is 0.312 e. The van der Waals surface area contributed by atoms with Gasteiger partial charge < -0.3 is 5.32 Å². The Labute approximate surface area is 107 Å². The van der Waals surface area contributed by atoms with Crippen LogP contribution in [0.25, 0.3) is 0 Å². The van der Waals surface area contributed by atoms with Crippen molar-refractivity contribution in [3.05, 3.63) is 0 Å². The lowest BCUT2D eigenvalue weighted by molar-refractivity contribution is -0.0220. The molecule has 17 heavy (non-hydrogen) atoms. The Morgan fingerprint density at radius 1 is 1.00 bits per heavy atom. The molecule has 3 heteroatoms. The number of nitrogens with one attached hydrogen (secondary N) is 1. The summed E-state index contributed by atoms with van der Waals surface area (Å²) in [6.45, 7) is 13.1. The summed E-state index contributed by atoms with van der Waals surface area (Å²) < 4.78 is 0. The molecule has 0 radical (unpaired) electrons. The SMILES string of the molecule is CC(C)(C)NCC1CCN(N2CCCCC2)C1. The summed E-state index contributed by atoms with van der Waals surface area (Å²) in [4.78, 5) is 0. The van der Waals surface area contributed by atoms with Crippen LogP contribution in [0.4, 0.5) is 0 Å². The zero-order chi connectivity index (χ0) is 12.3. The molecular formula is C14H29N3. The lowest BCUT2D eigenvalue weighted by atomic mass is 10.1. The van der Waals surface area contributed by atoms with Crippen molar-refractivity contribution >= 4 is 0 Å². The molecule has 0 spiro atoms. The molecule has 3 nitrogen and oxygen atoms in total. The van der Waals surface area contributed by atoms with Gasteiger partial charge in [0, 0.05) is 31.7 Å². The molecule has 1 unspecified atom stereocenters. The number of nitrogens with zero attached hydrogens (tertiary/aromatic N) is 2. The van der Waals surface area contributed by atoms with E-state index < -0.39 is 0 Å². The summed E-state index contributed by atoms with van der Waals surface area (Å²) in [7, 11) is 0. The second kappa shape index (κ2) is 5.68. The summed E-state index contributed by atoms with van der Waals surface area (Å²) in [5.41, 5.74) is 0.262. The van der Waals surface area contributed by atoms with Crippen LogP contribution in [-0.2, 0) is 0 Å². The molecule has 0 aromatic heterocycles. The van der Waals surface area contributed by atoms with Gasteiger partial charge in [-0.1, -0.05) is 6.42 Å². The Balaban J connectivity index is 1.71. The van der Waals surface area contributed by atoms with E-state index in [-0.39, 0.29) is 5.54 Å². The van der Waals surface area contributed by atoms with Crippen LogP contribution in [0.2, 0.25) is 0 Å². The van der Waals surface area contributed by atoms with Crippen LogP contribution < -0.4 is 5.32 Å². The highest BCUT2D eigenvalue weighted by molar-refractivity contribution is 4.80. The van der Waals surface area contributed by atoms with Crippen LogP contribution in [0.5, 0.6) is 0 Å². The first-order valence-electron chi connectivity index (χ1n) is 7.29. The van der Waals surface area contributed by atoms with E-state index in [9.17, 15) is 0 Å². The minimum Gasteiger partial charge on any atom is -0.312 e. The zero-order valence-electron chi connectivity index (χ0n) is 11.8. The number of rotatable bonds is 3. The van der Waals surface area contributed by atoms with E-state index in [4.69, 9.17) is 0 Å². The quantitative estimate of drug-likeness (QED) is 0.813. The third-order valence-corrected chi connectivity index (χ3v) is 3.92. The van der Waals surface area contributed by atoms with Crippen LogP contribution in [-0.4, -0.2) is 48.3 Å². The van der Waals surface area contributed by atoms with Crippen molar-refractivity contribution in [3.8, 4) is 0 Å².